The second-order valence-corrected chi connectivity index (χ2v) is 10.6. The summed E-state index contributed by atoms with van der Waals surface area (Å²) in [5, 5.41) is 0. The molecule has 6 heteroatoms. The number of amides is 1. The molecule has 7 atom stereocenters. The summed E-state index contributed by atoms with van der Waals surface area (Å²) >= 11 is 0. The van der Waals surface area contributed by atoms with Gasteiger partial charge in [0.15, 0.2) is 0 Å². The Hall–Kier alpha value is -1.85. The molecule has 0 unspecified atom stereocenters. The Morgan fingerprint density at radius 2 is 1.71 bits per heavy atom. The van der Waals surface area contributed by atoms with Crippen molar-refractivity contribution in [2.45, 2.75) is 97.7 Å². The third-order valence-electron chi connectivity index (χ3n) is 8.86. The Kier molecular flexibility index (Phi) is 6.87. The Morgan fingerprint density at radius 3 is 2.32 bits per heavy atom. The predicted octanol–water partition coefficient (Wildman–Crippen LogP) is 4.30. The van der Waals surface area contributed by atoms with E-state index >= 15 is 0 Å². The van der Waals surface area contributed by atoms with Crippen molar-refractivity contribution in [2.75, 3.05) is 0 Å². The van der Waals surface area contributed by atoms with Gasteiger partial charge in [-0.15, -0.1) is 0 Å². The van der Waals surface area contributed by atoms with Crippen LogP contribution in [0.4, 0.5) is 0 Å². The van der Waals surface area contributed by atoms with Crippen LogP contribution in [0.25, 0.3) is 0 Å². The van der Waals surface area contributed by atoms with Crippen LogP contribution in [0.15, 0.2) is 12.2 Å². The maximum atomic E-state index is 12.1. The summed E-state index contributed by atoms with van der Waals surface area (Å²) in [7, 11) is 0. The number of carbonyl (C=O) groups is 3. The number of hydrogen-bond donors (Lipinski definition) is 1. The van der Waals surface area contributed by atoms with Gasteiger partial charge in [0.1, 0.15) is 12.2 Å². The smallest absolute Gasteiger partial charge is 0.302 e. The summed E-state index contributed by atoms with van der Waals surface area (Å²) in [5.74, 6) is -0.147. The summed E-state index contributed by atoms with van der Waals surface area (Å²) in [4.78, 5) is 35.3. The Morgan fingerprint density at radius 1 is 1.03 bits per heavy atom. The zero-order chi connectivity index (χ0) is 23.0. The molecule has 3 aliphatic rings. The summed E-state index contributed by atoms with van der Waals surface area (Å²) < 4.78 is 11.6. The van der Waals surface area contributed by atoms with E-state index < -0.39 is 0 Å². The first-order valence-electron chi connectivity index (χ1n) is 11.8. The minimum Gasteiger partial charge on any atom is -0.463 e. The van der Waals surface area contributed by atoms with Crippen LogP contribution in [-0.4, -0.2) is 30.1 Å². The minimum absolute atomic E-state index is 0.0185. The van der Waals surface area contributed by atoms with Gasteiger partial charge in [-0.25, -0.2) is 0 Å². The molecule has 0 heterocycles. The molecule has 0 aliphatic heterocycles. The lowest BCUT2D eigenvalue weighted by molar-refractivity contribution is -0.176. The van der Waals surface area contributed by atoms with Crippen molar-refractivity contribution in [1.29, 1.82) is 0 Å². The molecule has 3 saturated carbocycles. The van der Waals surface area contributed by atoms with Crippen LogP contribution in [0, 0.1) is 28.6 Å². The zero-order valence-electron chi connectivity index (χ0n) is 19.6. The van der Waals surface area contributed by atoms with Crippen LogP contribution in [-0.2, 0) is 23.9 Å². The van der Waals surface area contributed by atoms with Gasteiger partial charge < -0.3 is 15.2 Å². The van der Waals surface area contributed by atoms with Crippen molar-refractivity contribution in [1.82, 2.24) is 0 Å². The number of ether oxygens (including phenoxy) is 2. The van der Waals surface area contributed by atoms with Gasteiger partial charge in [-0.2, -0.15) is 0 Å². The maximum absolute atomic E-state index is 12.1. The van der Waals surface area contributed by atoms with E-state index in [1.165, 1.54) is 19.4 Å². The molecule has 0 bridgehead atoms. The lowest BCUT2D eigenvalue weighted by Crippen LogP contribution is -2.54. The lowest BCUT2D eigenvalue weighted by atomic mass is 9.51. The number of rotatable bonds is 6. The largest absolute Gasteiger partial charge is 0.463 e. The van der Waals surface area contributed by atoms with E-state index in [0.29, 0.717) is 12.8 Å². The molecule has 6 nitrogen and oxygen atoms in total. The average Bonchev–Trinajstić information content (AvgIpc) is 2.97. The van der Waals surface area contributed by atoms with Gasteiger partial charge in [0.05, 0.1) is 0 Å². The van der Waals surface area contributed by atoms with Crippen LogP contribution < -0.4 is 5.73 Å². The first-order valence-corrected chi connectivity index (χ1v) is 11.8. The van der Waals surface area contributed by atoms with Crippen LogP contribution in [0.5, 0.6) is 0 Å². The molecular weight excluding hydrogens is 394 g/mol. The SMILES string of the molecule is C=C1CC[C@@H]2[C@H](OC(C)=O)[C@H]([C@@]3(C)CC[C@H](OC(C)=O)C[C@@H]3CCC(N)=O)CC[C@]12C. The van der Waals surface area contributed by atoms with Crippen molar-refractivity contribution >= 4 is 17.8 Å². The highest BCUT2D eigenvalue weighted by Crippen LogP contribution is 2.62. The number of esters is 2. The first kappa shape index (κ1) is 23.8. The van der Waals surface area contributed by atoms with Crippen LogP contribution in [0.3, 0.4) is 0 Å². The van der Waals surface area contributed by atoms with Crippen molar-refractivity contribution in [2.24, 2.45) is 34.3 Å². The monoisotopic (exact) mass is 433 g/mol. The second-order valence-electron chi connectivity index (χ2n) is 10.6. The average molecular weight is 434 g/mol. The fourth-order valence-electron chi connectivity index (χ4n) is 7.02. The van der Waals surface area contributed by atoms with Gasteiger partial charge in [0, 0.05) is 32.1 Å². The standard InChI is InChI=1S/C25H39NO5/c1-15-6-8-20-23(31-17(3)28)21(11-13-24(15,20)4)25(5)12-10-19(30-16(2)27)14-18(25)7-9-22(26)29/h18-21,23H,1,6-14H2,2-5H3,(H2,26,29)/t18-,19-,20+,21+,23-,24+,25-/m0/s1. The summed E-state index contributed by atoms with van der Waals surface area (Å²) in [6.07, 6.45) is 7.10. The molecule has 0 aromatic rings. The van der Waals surface area contributed by atoms with Crippen molar-refractivity contribution < 1.29 is 23.9 Å². The molecular formula is C25H39NO5. The topological polar surface area (TPSA) is 95.7 Å². The van der Waals surface area contributed by atoms with Gasteiger partial charge in [-0.05, 0) is 68.1 Å². The number of nitrogens with two attached hydrogens (primary N) is 1. The van der Waals surface area contributed by atoms with Crippen LogP contribution in [0.2, 0.25) is 0 Å². The molecule has 3 fully saturated rings. The van der Waals surface area contributed by atoms with E-state index in [-0.39, 0.29) is 58.6 Å². The van der Waals surface area contributed by atoms with E-state index in [1.54, 1.807) is 0 Å². The normalized spacial score (nSPS) is 40.1. The second kappa shape index (κ2) is 8.95. The number of carbonyl (C=O) groups excluding carboxylic acids is 3. The quantitative estimate of drug-likeness (QED) is 0.497. The highest BCUT2D eigenvalue weighted by atomic mass is 16.5. The van der Waals surface area contributed by atoms with E-state index in [4.69, 9.17) is 15.2 Å². The molecule has 3 aliphatic carbocycles. The number of fused-ring (bicyclic) bond motifs is 1. The van der Waals surface area contributed by atoms with E-state index in [1.807, 2.05) is 0 Å². The van der Waals surface area contributed by atoms with Crippen LogP contribution in [0.1, 0.15) is 85.5 Å². The zero-order valence-corrected chi connectivity index (χ0v) is 19.6. The maximum Gasteiger partial charge on any atom is 0.302 e. The van der Waals surface area contributed by atoms with Crippen LogP contribution >= 0.6 is 0 Å². The summed E-state index contributed by atoms with van der Waals surface area (Å²) in [5.41, 5.74) is 6.67. The fraction of sp³-hybridized carbons (Fsp3) is 0.800. The van der Waals surface area contributed by atoms with E-state index in [2.05, 4.69) is 20.4 Å². The molecule has 0 saturated heterocycles. The minimum atomic E-state index is -0.309. The number of allylic oxidation sites excluding steroid dienone is 1. The molecule has 0 spiro atoms. The molecule has 2 N–H and O–H groups in total. The molecule has 31 heavy (non-hydrogen) atoms. The van der Waals surface area contributed by atoms with Crippen molar-refractivity contribution in [3.8, 4) is 0 Å². The van der Waals surface area contributed by atoms with E-state index in [0.717, 1.165) is 44.9 Å². The highest BCUT2D eigenvalue weighted by molar-refractivity contribution is 5.73. The first-order chi connectivity index (χ1) is 14.5. The lowest BCUT2D eigenvalue weighted by Gasteiger charge is -2.56. The molecule has 0 aromatic carbocycles. The molecule has 0 aromatic heterocycles. The summed E-state index contributed by atoms with van der Waals surface area (Å²) in [6, 6.07) is 0. The van der Waals surface area contributed by atoms with Gasteiger partial charge in [0.2, 0.25) is 5.91 Å². The van der Waals surface area contributed by atoms with Gasteiger partial charge in [-0.1, -0.05) is 26.0 Å². The molecule has 174 valence electrons. The van der Waals surface area contributed by atoms with Crippen molar-refractivity contribution in [3.63, 3.8) is 0 Å². The van der Waals surface area contributed by atoms with Crippen molar-refractivity contribution in [3.05, 3.63) is 12.2 Å². The Labute approximate surface area is 186 Å². The number of hydrogen-bond acceptors (Lipinski definition) is 5. The molecule has 1 amide bonds. The predicted molar refractivity (Wildman–Crippen MR) is 118 cm³/mol. The third-order valence-corrected chi connectivity index (χ3v) is 8.86. The third kappa shape index (κ3) is 4.68. The fourth-order valence-corrected chi connectivity index (χ4v) is 7.02. The Bertz CT molecular complexity index is 748. The number of primary amides is 1. The summed E-state index contributed by atoms with van der Waals surface area (Å²) in [6.45, 7) is 11.8. The Balaban J connectivity index is 1.91. The van der Waals surface area contributed by atoms with Gasteiger partial charge in [-0.3, -0.25) is 14.4 Å². The highest BCUT2D eigenvalue weighted by Gasteiger charge is 2.58. The van der Waals surface area contributed by atoms with Gasteiger partial charge in [0.25, 0.3) is 0 Å². The van der Waals surface area contributed by atoms with E-state index in [9.17, 15) is 14.4 Å². The molecule has 0 radical (unpaired) electrons. The van der Waals surface area contributed by atoms with Gasteiger partial charge >= 0.3 is 11.9 Å². The molecule has 3 rings (SSSR count).